The monoisotopic (exact) mass is 236 g/mol. The summed E-state index contributed by atoms with van der Waals surface area (Å²) in [5.74, 6) is 1.37. The minimum absolute atomic E-state index is 0.344. The zero-order valence-corrected chi connectivity index (χ0v) is 10.7. The summed E-state index contributed by atoms with van der Waals surface area (Å²) in [5, 5.41) is 3.43. The van der Waals surface area contributed by atoms with E-state index in [1.165, 1.54) is 0 Å². The standard InChI is InChI=1S/C13H20N2O2/c1-9-6-12(13(16-3)8-14-9)15-7-11-4-5-17-10(11)2/h6,8,10-11H,4-5,7H2,1-3H3,(H,14,15). The molecule has 1 aliphatic rings. The molecule has 2 unspecified atom stereocenters. The molecular formula is C13H20N2O2. The number of hydrogen-bond donors (Lipinski definition) is 1. The van der Waals surface area contributed by atoms with E-state index < -0.39 is 0 Å². The van der Waals surface area contributed by atoms with Crippen LogP contribution in [0.5, 0.6) is 5.75 Å². The third-order valence-corrected chi connectivity index (χ3v) is 3.31. The molecule has 4 nitrogen and oxygen atoms in total. The Morgan fingerprint density at radius 1 is 1.59 bits per heavy atom. The topological polar surface area (TPSA) is 43.4 Å². The molecule has 0 aliphatic carbocycles. The van der Waals surface area contributed by atoms with Crippen LogP contribution in [0, 0.1) is 12.8 Å². The number of aryl methyl sites for hydroxylation is 1. The molecule has 1 N–H and O–H groups in total. The molecule has 0 radical (unpaired) electrons. The van der Waals surface area contributed by atoms with Gasteiger partial charge in [0, 0.05) is 24.8 Å². The van der Waals surface area contributed by atoms with Crippen molar-refractivity contribution in [3.63, 3.8) is 0 Å². The summed E-state index contributed by atoms with van der Waals surface area (Å²) in [6.45, 7) is 5.90. The van der Waals surface area contributed by atoms with Crippen molar-refractivity contribution >= 4 is 5.69 Å². The van der Waals surface area contributed by atoms with Gasteiger partial charge in [-0.15, -0.1) is 0 Å². The predicted molar refractivity (Wildman–Crippen MR) is 67.5 cm³/mol. The number of aromatic nitrogens is 1. The second-order valence-corrected chi connectivity index (χ2v) is 4.53. The summed E-state index contributed by atoms with van der Waals surface area (Å²) in [6, 6.07) is 2.01. The van der Waals surface area contributed by atoms with E-state index in [1.807, 2.05) is 13.0 Å². The van der Waals surface area contributed by atoms with E-state index in [4.69, 9.17) is 9.47 Å². The Hall–Kier alpha value is -1.29. The van der Waals surface area contributed by atoms with Crippen LogP contribution in [0.2, 0.25) is 0 Å². The molecule has 0 aromatic carbocycles. The number of nitrogens with zero attached hydrogens (tertiary/aromatic N) is 1. The first-order chi connectivity index (χ1) is 8.20. The summed E-state index contributed by atoms with van der Waals surface area (Å²) in [7, 11) is 1.67. The average Bonchev–Trinajstić information content (AvgIpc) is 2.72. The number of hydrogen-bond acceptors (Lipinski definition) is 4. The van der Waals surface area contributed by atoms with Gasteiger partial charge in [0.15, 0.2) is 5.75 Å². The molecule has 2 atom stereocenters. The zero-order chi connectivity index (χ0) is 12.3. The van der Waals surface area contributed by atoms with Gasteiger partial charge in [-0.3, -0.25) is 4.98 Å². The number of pyridine rings is 1. The largest absolute Gasteiger partial charge is 0.493 e. The van der Waals surface area contributed by atoms with Crippen molar-refractivity contribution in [1.29, 1.82) is 0 Å². The van der Waals surface area contributed by atoms with Crippen LogP contribution >= 0.6 is 0 Å². The van der Waals surface area contributed by atoms with Crippen molar-refractivity contribution in [2.45, 2.75) is 26.4 Å². The lowest BCUT2D eigenvalue weighted by atomic mass is 10.0. The van der Waals surface area contributed by atoms with Gasteiger partial charge < -0.3 is 14.8 Å². The second-order valence-electron chi connectivity index (χ2n) is 4.53. The Kier molecular flexibility index (Phi) is 3.84. The fourth-order valence-corrected chi connectivity index (χ4v) is 2.13. The molecule has 1 aromatic rings. The highest BCUT2D eigenvalue weighted by Gasteiger charge is 2.24. The highest BCUT2D eigenvalue weighted by atomic mass is 16.5. The van der Waals surface area contributed by atoms with E-state index >= 15 is 0 Å². The van der Waals surface area contributed by atoms with Crippen LogP contribution < -0.4 is 10.1 Å². The molecule has 0 bridgehead atoms. The summed E-state index contributed by atoms with van der Waals surface area (Å²) in [4.78, 5) is 4.22. The molecule has 1 aliphatic heterocycles. The first-order valence-corrected chi connectivity index (χ1v) is 6.07. The number of ether oxygens (including phenoxy) is 2. The van der Waals surface area contributed by atoms with Crippen molar-refractivity contribution in [2.75, 3.05) is 25.6 Å². The quantitative estimate of drug-likeness (QED) is 0.870. The van der Waals surface area contributed by atoms with Gasteiger partial charge >= 0.3 is 0 Å². The van der Waals surface area contributed by atoms with E-state index in [0.29, 0.717) is 12.0 Å². The van der Waals surface area contributed by atoms with Gasteiger partial charge in [-0.1, -0.05) is 0 Å². The normalized spacial score (nSPS) is 23.7. The van der Waals surface area contributed by atoms with E-state index in [-0.39, 0.29) is 0 Å². The van der Waals surface area contributed by atoms with Crippen molar-refractivity contribution in [1.82, 2.24) is 4.98 Å². The molecule has 0 saturated carbocycles. The molecule has 1 aromatic heterocycles. The molecule has 0 spiro atoms. The molecule has 1 saturated heterocycles. The van der Waals surface area contributed by atoms with E-state index in [9.17, 15) is 0 Å². The molecule has 0 amide bonds. The van der Waals surface area contributed by atoms with Crippen LogP contribution in [-0.4, -0.2) is 31.3 Å². The Labute approximate surface area is 102 Å². The third-order valence-electron chi connectivity index (χ3n) is 3.31. The Morgan fingerprint density at radius 2 is 2.41 bits per heavy atom. The number of nitrogens with one attached hydrogen (secondary N) is 1. The van der Waals surface area contributed by atoms with Gasteiger partial charge in [0.05, 0.1) is 25.1 Å². The summed E-state index contributed by atoms with van der Waals surface area (Å²) in [6.07, 6.45) is 3.23. The van der Waals surface area contributed by atoms with Crippen LogP contribution in [0.15, 0.2) is 12.3 Å². The minimum Gasteiger partial charge on any atom is -0.493 e. The lowest BCUT2D eigenvalue weighted by Crippen LogP contribution is -2.21. The molecular weight excluding hydrogens is 216 g/mol. The first kappa shape index (κ1) is 12.2. The molecule has 1 fully saturated rings. The fourth-order valence-electron chi connectivity index (χ4n) is 2.13. The summed E-state index contributed by atoms with van der Waals surface area (Å²) in [5.41, 5.74) is 2.00. The average molecular weight is 236 g/mol. The van der Waals surface area contributed by atoms with Gasteiger partial charge in [-0.05, 0) is 26.3 Å². The Morgan fingerprint density at radius 3 is 3.06 bits per heavy atom. The number of anilines is 1. The van der Waals surface area contributed by atoms with Crippen molar-refractivity contribution < 1.29 is 9.47 Å². The van der Waals surface area contributed by atoms with Crippen LogP contribution in [0.3, 0.4) is 0 Å². The van der Waals surface area contributed by atoms with Crippen LogP contribution in [0.1, 0.15) is 19.0 Å². The minimum atomic E-state index is 0.344. The van der Waals surface area contributed by atoms with E-state index in [0.717, 1.165) is 36.7 Å². The van der Waals surface area contributed by atoms with Gasteiger partial charge in [-0.2, -0.15) is 0 Å². The third kappa shape index (κ3) is 2.88. The maximum absolute atomic E-state index is 5.55. The number of rotatable bonds is 4. The van der Waals surface area contributed by atoms with Crippen molar-refractivity contribution in [3.05, 3.63) is 18.0 Å². The van der Waals surface area contributed by atoms with Crippen molar-refractivity contribution in [2.24, 2.45) is 5.92 Å². The van der Waals surface area contributed by atoms with Gasteiger partial charge in [-0.25, -0.2) is 0 Å². The van der Waals surface area contributed by atoms with Gasteiger partial charge in [0.1, 0.15) is 0 Å². The zero-order valence-electron chi connectivity index (χ0n) is 10.7. The second kappa shape index (κ2) is 5.36. The maximum Gasteiger partial charge on any atom is 0.160 e. The molecule has 4 heteroatoms. The summed E-state index contributed by atoms with van der Waals surface area (Å²) < 4.78 is 10.8. The van der Waals surface area contributed by atoms with Gasteiger partial charge in [0.25, 0.3) is 0 Å². The lowest BCUT2D eigenvalue weighted by molar-refractivity contribution is 0.108. The molecule has 2 rings (SSSR count). The fraction of sp³-hybridized carbons (Fsp3) is 0.615. The van der Waals surface area contributed by atoms with Crippen LogP contribution in [0.25, 0.3) is 0 Å². The maximum atomic E-state index is 5.55. The summed E-state index contributed by atoms with van der Waals surface area (Å²) >= 11 is 0. The van der Waals surface area contributed by atoms with E-state index in [2.05, 4.69) is 17.2 Å². The Bertz CT molecular complexity index is 382. The van der Waals surface area contributed by atoms with Gasteiger partial charge in [0.2, 0.25) is 0 Å². The Balaban J connectivity index is 2.00. The predicted octanol–water partition coefficient (Wildman–Crippen LogP) is 2.24. The highest BCUT2D eigenvalue weighted by Crippen LogP contribution is 2.26. The first-order valence-electron chi connectivity index (χ1n) is 6.07. The SMILES string of the molecule is COc1cnc(C)cc1NCC1CCOC1C. The number of methoxy groups -OCH3 is 1. The van der Waals surface area contributed by atoms with E-state index in [1.54, 1.807) is 13.3 Å². The van der Waals surface area contributed by atoms with Crippen molar-refractivity contribution in [3.8, 4) is 5.75 Å². The molecule has 17 heavy (non-hydrogen) atoms. The molecule has 2 heterocycles. The highest BCUT2D eigenvalue weighted by molar-refractivity contribution is 5.55. The molecule has 94 valence electrons. The lowest BCUT2D eigenvalue weighted by Gasteiger charge is -2.17. The van der Waals surface area contributed by atoms with Crippen LogP contribution in [-0.2, 0) is 4.74 Å². The smallest absolute Gasteiger partial charge is 0.160 e. The van der Waals surface area contributed by atoms with Crippen LogP contribution in [0.4, 0.5) is 5.69 Å².